The number of hydrogen-bond acceptors (Lipinski definition) is 2. The van der Waals surface area contributed by atoms with Gasteiger partial charge < -0.3 is 10.8 Å². The zero-order valence-electron chi connectivity index (χ0n) is 7.74. The van der Waals surface area contributed by atoms with Crippen molar-refractivity contribution < 1.29 is 9.90 Å². The summed E-state index contributed by atoms with van der Waals surface area (Å²) in [6.07, 6.45) is 0. The van der Waals surface area contributed by atoms with Crippen molar-refractivity contribution in [2.75, 3.05) is 0 Å². The average Bonchev–Trinajstić information content (AvgIpc) is 2.04. The summed E-state index contributed by atoms with van der Waals surface area (Å²) < 4.78 is 0. The minimum absolute atomic E-state index is 0.126. The van der Waals surface area contributed by atoms with Crippen molar-refractivity contribution >= 4 is 5.97 Å². The SMILES string of the molecule is Cc1ccc(C(=O)O)cc1[C@@H](C)N. The maximum atomic E-state index is 10.6. The fourth-order valence-corrected chi connectivity index (χ4v) is 1.26. The number of benzene rings is 1. The van der Waals surface area contributed by atoms with Crippen molar-refractivity contribution in [1.29, 1.82) is 0 Å². The number of nitrogens with two attached hydrogens (primary N) is 1. The summed E-state index contributed by atoms with van der Waals surface area (Å²) in [5.41, 5.74) is 7.90. The van der Waals surface area contributed by atoms with Gasteiger partial charge in [0, 0.05) is 6.04 Å². The van der Waals surface area contributed by atoms with Crippen LogP contribution in [0.1, 0.15) is 34.5 Å². The number of aromatic carboxylic acids is 1. The molecule has 1 rings (SSSR count). The average molecular weight is 179 g/mol. The molecule has 3 heteroatoms. The van der Waals surface area contributed by atoms with Crippen molar-refractivity contribution in [2.24, 2.45) is 5.73 Å². The largest absolute Gasteiger partial charge is 0.478 e. The highest BCUT2D eigenvalue weighted by molar-refractivity contribution is 5.87. The van der Waals surface area contributed by atoms with E-state index in [4.69, 9.17) is 10.8 Å². The maximum absolute atomic E-state index is 10.6. The zero-order chi connectivity index (χ0) is 10.0. The Morgan fingerprint density at radius 2 is 2.15 bits per heavy atom. The molecular formula is C10H13NO2. The molecule has 0 aromatic heterocycles. The highest BCUT2D eigenvalue weighted by Crippen LogP contribution is 2.16. The molecular weight excluding hydrogens is 166 g/mol. The second-order valence-corrected chi connectivity index (χ2v) is 3.17. The van der Waals surface area contributed by atoms with Gasteiger partial charge in [-0.3, -0.25) is 0 Å². The van der Waals surface area contributed by atoms with Gasteiger partial charge in [-0.25, -0.2) is 4.79 Å². The van der Waals surface area contributed by atoms with Gasteiger partial charge >= 0.3 is 5.97 Å². The third-order valence-corrected chi connectivity index (χ3v) is 2.02. The predicted molar refractivity (Wildman–Crippen MR) is 50.7 cm³/mol. The molecule has 1 aromatic carbocycles. The minimum atomic E-state index is -0.915. The normalized spacial score (nSPS) is 12.5. The van der Waals surface area contributed by atoms with Gasteiger partial charge in [0.25, 0.3) is 0 Å². The van der Waals surface area contributed by atoms with Gasteiger partial charge in [-0.05, 0) is 37.1 Å². The summed E-state index contributed by atoms with van der Waals surface area (Å²) in [6.45, 7) is 3.76. The van der Waals surface area contributed by atoms with Crippen LogP contribution in [0.25, 0.3) is 0 Å². The number of hydrogen-bond donors (Lipinski definition) is 2. The van der Waals surface area contributed by atoms with Crippen LogP contribution in [0.3, 0.4) is 0 Å². The molecule has 70 valence electrons. The fraction of sp³-hybridized carbons (Fsp3) is 0.300. The molecule has 0 radical (unpaired) electrons. The third kappa shape index (κ3) is 2.06. The fourth-order valence-electron chi connectivity index (χ4n) is 1.26. The van der Waals surface area contributed by atoms with Gasteiger partial charge in [0.05, 0.1) is 5.56 Å². The van der Waals surface area contributed by atoms with Gasteiger partial charge in [0.15, 0.2) is 0 Å². The predicted octanol–water partition coefficient (Wildman–Crippen LogP) is 1.71. The lowest BCUT2D eigenvalue weighted by atomic mass is 10.0. The molecule has 0 saturated heterocycles. The Bertz CT molecular complexity index is 332. The first-order chi connectivity index (χ1) is 6.02. The lowest BCUT2D eigenvalue weighted by molar-refractivity contribution is 0.0697. The highest BCUT2D eigenvalue weighted by atomic mass is 16.4. The van der Waals surface area contributed by atoms with E-state index in [9.17, 15) is 4.79 Å². The first-order valence-electron chi connectivity index (χ1n) is 4.12. The molecule has 0 saturated carbocycles. The summed E-state index contributed by atoms with van der Waals surface area (Å²) in [7, 11) is 0. The number of carbonyl (C=O) groups is 1. The zero-order valence-corrected chi connectivity index (χ0v) is 7.74. The first-order valence-corrected chi connectivity index (χ1v) is 4.12. The van der Waals surface area contributed by atoms with Gasteiger partial charge in [0.2, 0.25) is 0 Å². The molecule has 0 spiro atoms. The summed E-state index contributed by atoms with van der Waals surface area (Å²) in [4.78, 5) is 10.6. The van der Waals surface area contributed by atoms with E-state index in [0.29, 0.717) is 0 Å². The molecule has 3 nitrogen and oxygen atoms in total. The molecule has 0 aliphatic heterocycles. The quantitative estimate of drug-likeness (QED) is 0.726. The Labute approximate surface area is 77.2 Å². The van der Waals surface area contributed by atoms with E-state index >= 15 is 0 Å². The van der Waals surface area contributed by atoms with Gasteiger partial charge in [-0.2, -0.15) is 0 Å². The van der Waals surface area contributed by atoms with Crippen molar-refractivity contribution in [2.45, 2.75) is 19.9 Å². The number of carboxylic acid groups (broad SMARTS) is 1. The van der Waals surface area contributed by atoms with E-state index in [1.54, 1.807) is 18.2 Å². The van der Waals surface area contributed by atoms with Crippen LogP contribution < -0.4 is 5.73 Å². The van der Waals surface area contributed by atoms with E-state index in [2.05, 4.69) is 0 Å². The third-order valence-electron chi connectivity index (χ3n) is 2.02. The van der Waals surface area contributed by atoms with Crippen LogP contribution in [-0.2, 0) is 0 Å². The molecule has 0 heterocycles. The summed E-state index contributed by atoms with van der Waals surface area (Å²) in [5, 5.41) is 8.74. The molecule has 0 unspecified atom stereocenters. The monoisotopic (exact) mass is 179 g/mol. The van der Waals surface area contributed by atoms with E-state index in [1.807, 2.05) is 13.8 Å². The van der Waals surface area contributed by atoms with E-state index in [1.165, 1.54) is 0 Å². The maximum Gasteiger partial charge on any atom is 0.335 e. The van der Waals surface area contributed by atoms with Crippen LogP contribution in [0.15, 0.2) is 18.2 Å². The second kappa shape index (κ2) is 3.58. The van der Waals surface area contributed by atoms with Crippen LogP contribution in [0.4, 0.5) is 0 Å². The Kier molecular flexibility index (Phi) is 2.68. The van der Waals surface area contributed by atoms with Crippen LogP contribution in [0, 0.1) is 6.92 Å². The van der Waals surface area contributed by atoms with E-state index in [-0.39, 0.29) is 11.6 Å². The van der Waals surface area contributed by atoms with E-state index in [0.717, 1.165) is 11.1 Å². The molecule has 0 aliphatic carbocycles. The number of aryl methyl sites for hydroxylation is 1. The number of carboxylic acids is 1. The van der Waals surface area contributed by atoms with Crippen LogP contribution >= 0.6 is 0 Å². The molecule has 1 atom stereocenters. The molecule has 0 fully saturated rings. The van der Waals surface area contributed by atoms with Crippen molar-refractivity contribution in [1.82, 2.24) is 0 Å². The van der Waals surface area contributed by atoms with Crippen LogP contribution in [0.5, 0.6) is 0 Å². The van der Waals surface area contributed by atoms with Gasteiger partial charge in [-0.15, -0.1) is 0 Å². The van der Waals surface area contributed by atoms with Crippen LogP contribution in [0.2, 0.25) is 0 Å². The Morgan fingerprint density at radius 1 is 1.54 bits per heavy atom. The Hall–Kier alpha value is -1.35. The van der Waals surface area contributed by atoms with Gasteiger partial charge in [0.1, 0.15) is 0 Å². The summed E-state index contributed by atoms with van der Waals surface area (Å²) >= 11 is 0. The molecule has 1 aromatic rings. The minimum Gasteiger partial charge on any atom is -0.478 e. The smallest absolute Gasteiger partial charge is 0.335 e. The molecule has 13 heavy (non-hydrogen) atoms. The first kappa shape index (κ1) is 9.74. The van der Waals surface area contributed by atoms with Crippen molar-refractivity contribution in [3.8, 4) is 0 Å². The lowest BCUT2D eigenvalue weighted by Gasteiger charge is -2.09. The lowest BCUT2D eigenvalue weighted by Crippen LogP contribution is -2.08. The van der Waals surface area contributed by atoms with Crippen molar-refractivity contribution in [3.05, 3.63) is 34.9 Å². The Balaban J connectivity index is 3.19. The molecule has 0 aliphatic rings. The van der Waals surface area contributed by atoms with E-state index < -0.39 is 5.97 Å². The number of rotatable bonds is 2. The topological polar surface area (TPSA) is 63.3 Å². The Morgan fingerprint density at radius 3 is 2.62 bits per heavy atom. The highest BCUT2D eigenvalue weighted by Gasteiger charge is 2.08. The summed E-state index contributed by atoms with van der Waals surface area (Å²) in [6, 6.07) is 4.87. The molecule has 0 bridgehead atoms. The standard InChI is InChI=1S/C10H13NO2/c1-6-3-4-8(10(12)13)5-9(6)7(2)11/h3-5,7H,11H2,1-2H3,(H,12,13)/t7-/m1/s1. The van der Waals surface area contributed by atoms with Gasteiger partial charge in [-0.1, -0.05) is 6.07 Å². The molecule has 3 N–H and O–H groups in total. The second-order valence-electron chi connectivity index (χ2n) is 3.17. The van der Waals surface area contributed by atoms with Crippen LogP contribution in [-0.4, -0.2) is 11.1 Å². The summed E-state index contributed by atoms with van der Waals surface area (Å²) in [5.74, 6) is -0.915. The van der Waals surface area contributed by atoms with Crippen molar-refractivity contribution in [3.63, 3.8) is 0 Å². The molecule has 0 amide bonds.